The molecular formula is C14H19BrClNO2. The van der Waals surface area contributed by atoms with Gasteiger partial charge in [0.2, 0.25) is 0 Å². The third kappa shape index (κ3) is 5.93. The zero-order chi connectivity index (χ0) is 14.4. The van der Waals surface area contributed by atoms with Crippen molar-refractivity contribution >= 4 is 33.5 Å². The van der Waals surface area contributed by atoms with Crippen LogP contribution >= 0.6 is 27.5 Å². The Kier molecular flexibility index (Phi) is 6.83. The molecular weight excluding hydrogens is 330 g/mol. The van der Waals surface area contributed by atoms with E-state index in [0.29, 0.717) is 17.5 Å². The second-order valence-electron chi connectivity index (χ2n) is 4.81. The number of carbonyl (C=O) groups is 1. The van der Waals surface area contributed by atoms with E-state index in [4.69, 9.17) is 16.7 Å². The smallest absolute Gasteiger partial charge is 0.303 e. The van der Waals surface area contributed by atoms with Gasteiger partial charge < -0.3 is 5.11 Å². The summed E-state index contributed by atoms with van der Waals surface area (Å²) >= 11 is 9.45. The summed E-state index contributed by atoms with van der Waals surface area (Å²) in [5.41, 5.74) is 1.14. The summed E-state index contributed by atoms with van der Waals surface area (Å²) in [5, 5.41) is 9.38. The van der Waals surface area contributed by atoms with E-state index in [9.17, 15) is 4.79 Å². The average Bonchev–Trinajstić information content (AvgIpc) is 2.32. The molecule has 0 spiro atoms. The van der Waals surface area contributed by atoms with Crippen LogP contribution in [0, 0.1) is 0 Å². The molecule has 5 heteroatoms. The number of hydrogen-bond donors (Lipinski definition) is 1. The van der Waals surface area contributed by atoms with Crippen molar-refractivity contribution in [2.45, 2.75) is 39.3 Å². The van der Waals surface area contributed by atoms with Crippen LogP contribution in [0.4, 0.5) is 0 Å². The van der Waals surface area contributed by atoms with Gasteiger partial charge in [0.05, 0.1) is 5.02 Å². The Bertz CT molecular complexity index is 437. The van der Waals surface area contributed by atoms with E-state index in [1.54, 1.807) is 0 Å². The highest BCUT2D eigenvalue weighted by molar-refractivity contribution is 9.10. The minimum Gasteiger partial charge on any atom is -0.481 e. The van der Waals surface area contributed by atoms with E-state index in [0.717, 1.165) is 23.1 Å². The fourth-order valence-electron chi connectivity index (χ4n) is 1.83. The normalized spacial score (nSPS) is 11.3. The fourth-order valence-corrected chi connectivity index (χ4v) is 2.28. The molecule has 0 fully saturated rings. The molecule has 0 heterocycles. The summed E-state index contributed by atoms with van der Waals surface area (Å²) in [6.45, 7) is 5.78. The number of aliphatic carboxylic acids is 1. The third-order valence-corrected chi connectivity index (χ3v) is 4.17. The molecule has 0 bridgehead atoms. The van der Waals surface area contributed by atoms with E-state index in [1.165, 1.54) is 0 Å². The molecule has 1 aromatic rings. The molecule has 106 valence electrons. The van der Waals surface area contributed by atoms with Gasteiger partial charge in [-0.05, 0) is 60.4 Å². The van der Waals surface area contributed by atoms with Crippen molar-refractivity contribution < 1.29 is 9.90 Å². The number of benzene rings is 1. The first-order chi connectivity index (χ1) is 8.90. The SMILES string of the molecule is CC(C)N(CCCC(=O)O)Cc1ccc(Br)c(Cl)c1. The van der Waals surface area contributed by atoms with E-state index in [-0.39, 0.29) is 6.42 Å². The highest BCUT2D eigenvalue weighted by atomic mass is 79.9. The first-order valence-electron chi connectivity index (χ1n) is 6.30. The highest BCUT2D eigenvalue weighted by Gasteiger charge is 2.11. The Labute approximate surface area is 127 Å². The van der Waals surface area contributed by atoms with Crippen LogP contribution in [-0.4, -0.2) is 28.6 Å². The number of halogens is 2. The summed E-state index contributed by atoms with van der Waals surface area (Å²) in [4.78, 5) is 12.8. The van der Waals surface area contributed by atoms with Crippen LogP contribution < -0.4 is 0 Å². The summed E-state index contributed by atoms with van der Waals surface area (Å²) in [6.07, 6.45) is 0.877. The van der Waals surface area contributed by atoms with Crippen molar-refractivity contribution in [3.63, 3.8) is 0 Å². The number of carboxylic acid groups (broad SMARTS) is 1. The minimum absolute atomic E-state index is 0.213. The Hall–Kier alpha value is -0.580. The first-order valence-corrected chi connectivity index (χ1v) is 7.47. The Morgan fingerprint density at radius 3 is 2.68 bits per heavy atom. The molecule has 0 aliphatic carbocycles. The van der Waals surface area contributed by atoms with E-state index in [2.05, 4.69) is 34.7 Å². The van der Waals surface area contributed by atoms with E-state index in [1.807, 2.05) is 18.2 Å². The molecule has 1 rings (SSSR count). The number of hydrogen-bond acceptors (Lipinski definition) is 2. The fraction of sp³-hybridized carbons (Fsp3) is 0.500. The van der Waals surface area contributed by atoms with Crippen molar-refractivity contribution in [1.29, 1.82) is 0 Å². The lowest BCUT2D eigenvalue weighted by molar-refractivity contribution is -0.137. The maximum atomic E-state index is 10.5. The van der Waals surface area contributed by atoms with Gasteiger partial charge >= 0.3 is 5.97 Å². The van der Waals surface area contributed by atoms with Gasteiger partial charge in [0, 0.05) is 23.5 Å². The quantitative estimate of drug-likeness (QED) is 0.803. The maximum absolute atomic E-state index is 10.5. The lowest BCUT2D eigenvalue weighted by atomic mass is 10.1. The maximum Gasteiger partial charge on any atom is 0.303 e. The van der Waals surface area contributed by atoms with Gasteiger partial charge in [-0.3, -0.25) is 9.69 Å². The average molecular weight is 349 g/mol. The van der Waals surface area contributed by atoms with Crippen LogP contribution in [0.3, 0.4) is 0 Å². The molecule has 0 amide bonds. The minimum atomic E-state index is -0.740. The van der Waals surface area contributed by atoms with Crippen LogP contribution in [0.1, 0.15) is 32.3 Å². The lowest BCUT2D eigenvalue weighted by Gasteiger charge is -2.26. The van der Waals surface area contributed by atoms with Crippen molar-refractivity contribution in [2.24, 2.45) is 0 Å². The van der Waals surface area contributed by atoms with Gasteiger partial charge in [0.25, 0.3) is 0 Å². The Balaban J connectivity index is 2.62. The van der Waals surface area contributed by atoms with Crippen molar-refractivity contribution in [2.75, 3.05) is 6.54 Å². The van der Waals surface area contributed by atoms with Gasteiger partial charge in [0.15, 0.2) is 0 Å². The molecule has 0 aromatic heterocycles. The number of nitrogens with zero attached hydrogens (tertiary/aromatic N) is 1. The van der Waals surface area contributed by atoms with E-state index >= 15 is 0 Å². The molecule has 0 atom stereocenters. The van der Waals surface area contributed by atoms with Gasteiger partial charge in [-0.2, -0.15) is 0 Å². The highest BCUT2D eigenvalue weighted by Crippen LogP contribution is 2.24. The molecule has 1 N–H and O–H groups in total. The molecule has 0 unspecified atom stereocenters. The standard InChI is InChI=1S/C14H19BrClNO2/c1-10(2)17(7-3-4-14(18)19)9-11-5-6-12(15)13(16)8-11/h5-6,8,10H,3-4,7,9H2,1-2H3,(H,18,19). The summed E-state index contributed by atoms with van der Waals surface area (Å²) < 4.78 is 0.889. The predicted octanol–water partition coefficient (Wildman–Crippen LogP) is 4.18. The van der Waals surface area contributed by atoms with Gasteiger partial charge in [-0.15, -0.1) is 0 Å². The zero-order valence-electron chi connectivity index (χ0n) is 11.2. The molecule has 0 radical (unpaired) electrons. The molecule has 3 nitrogen and oxygen atoms in total. The largest absolute Gasteiger partial charge is 0.481 e. The zero-order valence-corrected chi connectivity index (χ0v) is 13.5. The summed E-state index contributed by atoms with van der Waals surface area (Å²) in [5.74, 6) is -0.740. The Morgan fingerprint density at radius 1 is 1.47 bits per heavy atom. The molecule has 0 aliphatic heterocycles. The van der Waals surface area contributed by atoms with Crippen molar-refractivity contribution in [1.82, 2.24) is 4.90 Å². The molecule has 0 saturated carbocycles. The first kappa shape index (κ1) is 16.5. The summed E-state index contributed by atoms with van der Waals surface area (Å²) in [7, 11) is 0. The predicted molar refractivity (Wildman–Crippen MR) is 81.6 cm³/mol. The van der Waals surface area contributed by atoms with Crippen LogP contribution in [0.15, 0.2) is 22.7 Å². The number of carboxylic acids is 1. The molecule has 19 heavy (non-hydrogen) atoms. The monoisotopic (exact) mass is 347 g/mol. The van der Waals surface area contributed by atoms with E-state index < -0.39 is 5.97 Å². The Morgan fingerprint density at radius 2 is 2.16 bits per heavy atom. The summed E-state index contributed by atoms with van der Waals surface area (Å²) in [6, 6.07) is 6.28. The third-order valence-electron chi connectivity index (χ3n) is 2.94. The molecule has 0 saturated heterocycles. The van der Waals surface area contributed by atoms with Crippen molar-refractivity contribution in [3.05, 3.63) is 33.3 Å². The van der Waals surface area contributed by atoms with Gasteiger partial charge in [-0.1, -0.05) is 17.7 Å². The van der Waals surface area contributed by atoms with Gasteiger partial charge in [0.1, 0.15) is 0 Å². The van der Waals surface area contributed by atoms with Crippen LogP contribution in [0.2, 0.25) is 5.02 Å². The van der Waals surface area contributed by atoms with Crippen LogP contribution in [0.5, 0.6) is 0 Å². The molecule has 1 aromatic carbocycles. The van der Waals surface area contributed by atoms with Crippen molar-refractivity contribution in [3.8, 4) is 0 Å². The second kappa shape index (κ2) is 7.88. The van der Waals surface area contributed by atoms with Crippen LogP contribution in [-0.2, 0) is 11.3 Å². The second-order valence-corrected chi connectivity index (χ2v) is 6.07. The topological polar surface area (TPSA) is 40.5 Å². The van der Waals surface area contributed by atoms with Crippen LogP contribution in [0.25, 0.3) is 0 Å². The van der Waals surface area contributed by atoms with Gasteiger partial charge in [-0.25, -0.2) is 0 Å². The lowest BCUT2D eigenvalue weighted by Crippen LogP contribution is -2.31. The molecule has 0 aliphatic rings. The number of rotatable bonds is 7.